The minimum absolute atomic E-state index is 0.0410. The summed E-state index contributed by atoms with van der Waals surface area (Å²) in [4.78, 5) is 45.8. The molecule has 186 valence electrons. The van der Waals surface area contributed by atoms with Crippen molar-refractivity contribution >= 4 is 39.9 Å². The van der Waals surface area contributed by atoms with E-state index >= 15 is 0 Å². The number of carbonyl (C=O) groups is 3. The lowest BCUT2D eigenvalue weighted by atomic mass is 9.79. The van der Waals surface area contributed by atoms with Crippen LogP contribution in [0.15, 0.2) is 90.6 Å². The van der Waals surface area contributed by atoms with Gasteiger partial charge in [0.2, 0.25) is 0 Å². The SMILES string of the molecule is NCCNC(=O)C1(c2c[nH]c3ccccc23)/C(=C(\O)c2ccccc2)C(=O)C(=O)N1c1ccccc1O. The number of hydrogen-bond donors (Lipinski definition) is 5. The number of phenols is 1. The number of benzene rings is 3. The molecule has 0 spiro atoms. The van der Waals surface area contributed by atoms with E-state index in [0.717, 1.165) is 4.90 Å². The van der Waals surface area contributed by atoms with Crippen molar-refractivity contribution in [3.63, 3.8) is 0 Å². The fourth-order valence-electron chi connectivity index (χ4n) is 4.88. The second-order valence-corrected chi connectivity index (χ2v) is 8.55. The lowest BCUT2D eigenvalue weighted by molar-refractivity contribution is -0.132. The van der Waals surface area contributed by atoms with Crippen molar-refractivity contribution in [3.8, 4) is 5.75 Å². The molecular formula is C28H24N4O5. The number of H-pyrrole nitrogens is 1. The summed E-state index contributed by atoms with van der Waals surface area (Å²) in [5.74, 6) is -3.75. The van der Waals surface area contributed by atoms with Gasteiger partial charge in [-0.3, -0.25) is 19.3 Å². The minimum Gasteiger partial charge on any atom is -0.507 e. The van der Waals surface area contributed by atoms with Gasteiger partial charge in [0.25, 0.3) is 11.7 Å². The van der Waals surface area contributed by atoms with Crippen LogP contribution in [0.1, 0.15) is 11.1 Å². The number of aliphatic hydroxyl groups excluding tert-OH is 1. The molecule has 1 aliphatic heterocycles. The Labute approximate surface area is 211 Å². The smallest absolute Gasteiger partial charge is 0.300 e. The van der Waals surface area contributed by atoms with Crippen LogP contribution in [0.2, 0.25) is 0 Å². The number of nitrogens with one attached hydrogen (secondary N) is 2. The Hall–Kier alpha value is -4.89. The van der Waals surface area contributed by atoms with Gasteiger partial charge < -0.3 is 26.2 Å². The Balaban J connectivity index is 1.96. The molecule has 6 N–H and O–H groups in total. The van der Waals surface area contributed by atoms with E-state index in [1.807, 2.05) is 0 Å². The van der Waals surface area contributed by atoms with Crippen molar-refractivity contribution in [1.29, 1.82) is 0 Å². The van der Waals surface area contributed by atoms with Crippen LogP contribution in [0.4, 0.5) is 5.69 Å². The summed E-state index contributed by atoms with van der Waals surface area (Å²) in [6, 6.07) is 21.2. The third-order valence-electron chi connectivity index (χ3n) is 6.47. The Morgan fingerprint density at radius 1 is 0.973 bits per heavy atom. The molecule has 1 aromatic heterocycles. The highest BCUT2D eigenvalue weighted by atomic mass is 16.3. The largest absolute Gasteiger partial charge is 0.507 e. The molecule has 5 rings (SSSR count). The number of Topliss-reactive ketones (excluding diaryl/α,β-unsaturated/α-hetero) is 1. The van der Waals surface area contributed by atoms with Crippen molar-refractivity contribution in [2.45, 2.75) is 5.54 Å². The van der Waals surface area contributed by atoms with Gasteiger partial charge in [-0.25, -0.2) is 0 Å². The number of rotatable bonds is 6. The van der Waals surface area contributed by atoms with E-state index in [4.69, 9.17) is 5.73 Å². The molecule has 9 heteroatoms. The van der Waals surface area contributed by atoms with Gasteiger partial charge in [-0.1, -0.05) is 60.7 Å². The van der Waals surface area contributed by atoms with Crippen LogP contribution in [0.3, 0.4) is 0 Å². The number of phenolic OH excluding ortho intramolecular Hbond substituents is 1. The Morgan fingerprint density at radius 3 is 2.38 bits per heavy atom. The van der Waals surface area contributed by atoms with Crippen LogP contribution < -0.4 is 16.0 Å². The van der Waals surface area contributed by atoms with Crippen molar-refractivity contribution in [2.24, 2.45) is 5.73 Å². The number of carbonyl (C=O) groups excluding carboxylic acids is 3. The van der Waals surface area contributed by atoms with Crippen LogP contribution in [0.25, 0.3) is 16.7 Å². The average Bonchev–Trinajstić information content (AvgIpc) is 3.45. The lowest BCUT2D eigenvalue weighted by Gasteiger charge is -2.37. The van der Waals surface area contributed by atoms with Crippen LogP contribution in [0, 0.1) is 0 Å². The summed E-state index contributed by atoms with van der Waals surface area (Å²) in [5, 5.41) is 25.6. The topological polar surface area (TPSA) is 149 Å². The zero-order valence-electron chi connectivity index (χ0n) is 19.6. The Morgan fingerprint density at radius 2 is 1.65 bits per heavy atom. The van der Waals surface area contributed by atoms with Gasteiger partial charge in [0.15, 0.2) is 5.54 Å². The first kappa shape index (κ1) is 23.8. The fraction of sp³-hybridized carbons (Fsp3) is 0.107. The molecule has 1 aliphatic rings. The lowest BCUT2D eigenvalue weighted by Crippen LogP contribution is -2.56. The molecule has 1 atom stereocenters. The van der Waals surface area contributed by atoms with Gasteiger partial charge >= 0.3 is 5.91 Å². The van der Waals surface area contributed by atoms with E-state index in [2.05, 4.69) is 10.3 Å². The molecule has 0 bridgehead atoms. The Bertz CT molecular complexity index is 1560. The maximum atomic E-state index is 14.2. The first-order valence-corrected chi connectivity index (χ1v) is 11.6. The van der Waals surface area contributed by atoms with Crippen LogP contribution >= 0.6 is 0 Å². The highest BCUT2D eigenvalue weighted by Crippen LogP contribution is 2.51. The number of aliphatic hydroxyl groups is 1. The molecule has 2 amide bonds. The van der Waals surface area contributed by atoms with E-state index in [1.54, 1.807) is 66.7 Å². The summed E-state index contributed by atoms with van der Waals surface area (Å²) in [5.41, 5.74) is 4.14. The van der Waals surface area contributed by atoms with Crippen LogP contribution in [0.5, 0.6) is 5.75 Å². The average molecular weight is 497 g/mol. The second-order valence-electron chi connectivity index (χ2n) is 8.55. The summed E-state index contributed by atoms with van der Waals surface area (Å²) in [6.07, 6.45) is 1.53. The maximum absolute atomic E-state index is 14.2. The number of aromatic nitrogens is 1. The van der Waals surface area contributed by atoms with E-state index in [-0.39, 0.29) is 35.7 Å². The van der Waals surface area contributed by atoms with Gasteiger partial charge in [0, 0.05) is 41.3 Å². The van der Waals surface area contributed by atoms with Crippen LogP contribution in [-0.2, 0) is 19.9 Å². The molecule has 0 saturated carbocycles. The van der Waals surface area contributed by atoms with E-state index in [1.165, 1.54) is 18.3 Å². The number of ketones is 1. The third-order valence-corrected chi connectivity index (χ3v) is 6.47. The normalized spacial score (nSPS) is 18.9. The number of anilines is 1. The van der Waals surface area contributed by atoms with Gasteiger partial charge in [0.05, 0.1) is 11.3 Å². The van der Waals surface area contributed by atoms with Crippen LogP contribution in [-0.4, -0.2) is 45.9 Å². The number of hydrogen-bond acceptors (Lipinski definition) is 6. The Kier molecular flexibility index (Phi) is 5.98. The molecule has 0 aliphatic carbocycles. The van der Waals surface area contributed by atoms with Gasteiger partial charge in [-0.05, 0) is 18.2 Å². The molecule has 1 fully saturated rings. The molecule has 0 radical (unpaired) electrons. The van der Waals surface area contributed by atoms with Crippen molar-refractivity contribution < 1.29 is 24.6 Å². The quantitative estimate of drug-likeness (QED) is 0.157. The summed E-state index contributed by atoms with van der Waals surface area (Å²) < 4.78 is 0. The second kappa shape index (κ2) is 9.29. The van der Waals surface area contributed by atoms with E-state index < -0.39 is 34.5 Å². The van der Waals surface area contributed by atoms with Crippen molar-refractivity contribution in [3.05, 3.63) is 102 Å². The van der Waals surface area contributed by atoms with Gasteiger partial charge in [-0.2, -0.15) is 0 Å². The summed E-state index contributed by atoms with van der Waals surface area (Å²) >= 11 is 0. The highest BCUT2D eigenvalue weighted by molar-refractivity contribution is 6.54. The molecule has 1 saturated heterocycles. The molecule has 4 aromatic rings. The van der Waals surface area contributed by atoms with E-state index in [0.29, 0.717) is 10.9 Å². The van der Waals surface area contributed by atoms with E-state index in [9.17, 15) is 24.6 Å². The zero-order chi connectivity index (χ0) is 26.2. The zero-order valence-corrected chi connectivity index (χ0v) is 19.6. The first-order valence-electron chi connectivity index (χ1n) is 11.6. The monoisotopic (exact) mass is 496 g/mol. The fourth-order valence-corrected chi connectivity index (χ4v) is 4.88. The molecule has 9 nitrogen and oxygen atoms in total. The number of fused-ring (bicyclic) bond motifs is 1. The molecule has 2 heterocycles. The number of nitrogens with zero attached hydrogens (tertiary/aromatic N) is 1. The van der Waals surface area contributed by atoms with Gasteiger partial charge in [-0.15, -0.1) is 0 Å². The van der Waals surface area contributed by atoms with Crippen molar-refractivity contribution in [1.82, 2.24) is 10.3 Å². The molecule has 3 aromatic carbocycles. The third kappa shape index (κ3) is 3.56. The minimum atomic E-state index is -2.18. The van der Waals surface area contributed by atoms with Gasteiger partial charge in [0.1, 0.15) is 11.5 Å². The molecule has 37 heavy (non-hydrogen) atoms. The maximum Gasteiger partial charge on any atom is 0.300 e. The van der Waals surface area contributed by atoms with Crippen molar-refractivity contribution in [2.75, 3.05) is 18.0 Å². The number of amides is 2. The number of aromatic hydroxyl groups is 1. The highest BCUT2D eigenvalue weighted by Gasteiger charge is 2.64. The predicted octanol–water partition coefficient (Wildman–Crippen LogP) is 2.73. The number of aromatic amines is 1. The molecular weight excluding hydrogens is 472 g/mol. The predicted molar refractivity (Wildman–Crippen MR) is 139 cm³/mol. The first-order chi connectivity index (χ1) is 17.9. The number of para-hydroxylation sites is 3. The summed E-state index contributed by atoms with van der Waals surface area (Å²) in [6.45, 7) is 0.136. The standard InChI is InChI=1S/C28H24N4O5/c29-14-15-30-27(37)28(19-16-31-20-11-5-4-10-18(19)20)23(24(34)17-8-2-1-3-9-17)25(35)26(36)32(28)21-12-6-7-13-22(21)33/h1-13,16,31,33-34H,14-15,29H2,(H,30,37)/b24-23-. The number of nitrogens with two attached hydrogens (primary N) is 1. The molecule has 1 unspecified atom stereocenters. The summed E-state index contributed by atoms with van der Waals surface area (Å²) in [7, 11) is 0.